The number of hydrogen-bond acceptors (Lipinski definition) is 6. The number of aromatic nitrogens is 2. The summed E-state index contributed by atoms with van der Waals surface area (Å²) < 4.78 is 0. The van der Waals surface area contributed by atoms with Crippen molar-refractivity contribution in [1.29, 1.82) is 0 Å². The topological polar surface area (TPSA) is 75.3 Å². The minimum atomic E-state index is 0.215. The number of rotatable bonds is 5. The molecule has 0 saturated carbocycles. The highest BCUT2D eigenvalue weighted by Crippen LogP contribution is 2.30. The Bertz CT molecular complexity index is 678. The molecule has 0 unspecified atom stereocenters. The molecule has 1 saturated heterocycles. The third kappa shape index (κ3) is 3.45. The van der Waals surface area contributed by atoms with E-state index in [4.69, 9.17) is 5.73 Å². The molecule has 1 aliphatic heterocycles. The number of hydrogen-bond donors (Lipinski definition) is 1. The van der Waals surface area contributed by atoms with Crippen molar-refractivity contribution >= 4 is 33.3 Å². The van der Waals surface area contributed by atoms with E-state index < -0.39 is 0 Å². The molecule has 1 fully saturated rings. The van der Waals surface area contributed by atoms with Crippen molar-refractivity contribution in [2.24, 2.45) is 5.73 Å². The first kappa shape index (κ1) is 16.1. The molecule has 0 aliphatic carbocycles. The number of anilines is 1. The summed E-state index contributed by atoms with van der Waals surface area (Å²) in [6.07, 6.45) is 3.98. The van der Waals surface area contributed by atoms with E-state index in [1.54, 1.807) is 17.7 Å². The van der Waals surface area contributed by atoms with Crippen LogP contribution in [0.25, 0.3) is 10.2 Å². The van der Waals surface area contributed by atoms with Gasteiger partial charge in [0, 0.05) is 37.5 Å². The zero-order valence-corrected chi connectivity index (χ0v) is 14.3. The minimum Gasteiger partial charge on any atom is -0.352 e. The molecule has 1 amide bonds. The summed E-state index contributed by atoms with van der Waals surface area (Å²) in [4.78, 5) is 27.6. The predicted octanol–water partition coefficient (Wildman–Crippen LogP) is 1.64. The summed E-state index contributed by atoms with van der Waals surface area (Å²) in [5.41, 5.74) is 5.48. The Balaban J connectivity index is 1.70. The molecule has 0 atom stereocenters. The van der Waals surface area contributed by atoms with Gasteiger partial charge in [0.1, 0.15) is 17.0 Å². The molecular formula is C16H23N5OS. The Morgan fingerprint density at radius 2 is 2.09 bits per heavy atom. The van der Waals surface area contributed by atoms with E-state index in [-0.39, 0.29) is 5.91 Å². The van der Waals surface area contributed by atoms with Gasteiger partial charge in [0.15, 0.2) is 0 Å². The number of nitrogens with zero attached hydrogens (tertiary/aromatic N) is 4. The molecule has 0 radical (unpaired) electrons. The van der Waals surface area contributed by atoms with Crippen LogP contribution in [0.3, 0.4) is 0 Å². The average molecular weight is 333 g/mol. The van der Waals surface area contributed by atoms with E-state index in [9.17, 15) is 4.79 Å². The van der Waals surface area contributed by atoms with Crippen LogP contribution in [0.4, 0.5) is 5.82 Å². The first-order valence-corrected chi connectivity index (χ1v) is 9.00. The van der Waals surface area contributed by atoms with Crippen molar-refractivity contribution < 1.29 is 4.79 Å². The molecular weight excluding hydrogens is 310 g/mol. The van der Waals surface area contributed by atoms with Crippen LogP contribution in [0.15, 0.2) is 12.4 Å². The lowest BCUT2D eigenvalue weighted by Crippen LogP contribution is -2.49. The van der Waals surface area contributed by atoms with Crippen molar-refractivity contribution in [1.82, 2.24) is 14.9 Å². The van der Waals surface area contributed by atoms with Crippen LogP contribution >= 0.6 is 11.3 Å². The summed E-state index contributed by atoms with van der Waals surface area (Å²) in [5, 5.41) is 1.14. The number of thiophene rings is 1. The summed E-state index contributed by atoms with van der Waals surface area (Å²) >= 11 is 1.74. The van der Waals surface area contributed by atoms with Crippen LogP contribution in [0.2, 0.25) is 0 Å². The highest BCUT2D eigenvalue weighted by atomic mass is 32.1. The third-order valence-electron chi connectivity index (χ3n) is 4.23. The molecule has 2 aromatic rings. The zero-order valence-electron chi connectivity index (χ0n) is 13.5. The maximum atomic E-state index is 12.1. The number of carbonyl (C=O) groups excluding carboxylic acids is 1. The van der Waals surface area contributed by atoms with Gasteiger partial charge in [-0.05, 0) is 25.5 Å². The van der Waals surface area contributed by atoms with Gasteiger partial charge in [-0.15, -0.1) is 11.3 Å². The monoisotopic (exact) mass is 333 g/mol. The normalized spacial score (nSPS) is 15.4. The first-order chi connectivity index (χ1) is 11.2. The molecule has 7 heteroatoms. The van der Waals surface area contributed by atoms with Gasteiger partial charge in [0.2, 0.25) is 5.91 Å². The summed E-state index contributed by atoms with van der Waals surface area (Å²) in [6, 6.07) is 2.20. The molecule has 0 spiro atoms. The number of amides is 1. The van der Waals surface area contributed by atoms with E-state index in [1.807, 2.05) is 4.90 Å². The molecule has 3 rings (SSSR count). The van der Waals surface area contributed by atoms with Crippen LogP contribution < -0.4 is 10.6 Å². The summed E-state index contributed by atoms with van der Waals surface area (Å²) in [7, 11) is 0. The SMILES string of the molecule is CCc1cc2c(N3CCN(C(=O)CCCN)CC3)ncnc2s1. The van der Waals surface area contributed by atoms with Crippen molar-refractivity contribution in [2.45, 2.75) is 26.2 Å². The molecule has 0 bridgehead atoms. The third-order valence-corrected chi connectivity index (χ3v) is 5.42. The lowest BCUT2D eigenvalue weighted by molar-refractivity contribution is -0.131. The van der Waals surface area contributed by atoms with E-state index in [0.29, 0.717) is 13.0 Å². The first-order valence-electron chi connectivity index (χ1n) is 8.19. The van der Waals surface area contributed by atoms with Crippen molar-refractivity contribution in [3.05, 3.63) is 17.3 Å². The standard InChI is InChI=1S/C16H23N5OS/c1-2-12-10-13-15(18-11-19-16(13)23-12)21-8-6-20(7-9-21)14(22)4-3-5-17/h10-11H,2-9,17H2,1H3. The maximum Gasteiger partial charge on any atom is 0.222 e. The fraction of sp³-hybridized carbons (Fsp3) is 0.562. The van der Waals surface area contributed by atoms with Gasteiger partial charge < -0.3 is 15.5 Å². The van der Waals surface area contributed by atoms with E-state index >= 15 is 0 Å². The number of piperazine rings is 1. The van der Waals surface area contributed by atoms with Crippen LogP contribution in [-0.4, -0.2) is 53.5 Å². The van der Waals surface area contributed by atoms with Gasteiger partial charge in [0.05, 0.1) is 5.39 Å². The van der Waals surface area contributed by atoms with Crippen LogP contribution in [0.5, 0.6) is 0 Å². The Hall–Kier alpha value is -1.73. The van der Waals surface area contributed by atoms with Gasteiger partial charge in [-0.25, -0.2) is 9.97 Å². The van der Waals surface area contributed by atoms with Gasteiger partial charge in [-0.2, -0.15) is 0 Å². The lowest BCUT2D eigenvalue weighted by atomic mass is 10.2. The Morgan fingerprint density at radius 1 is 1.30 bits per heavy atom. The average Bonchev–Trinajstić information content (AvgIpc) is 3.03. The smallest absolute Gasteiger partial charge is 0.222 e. The molecule has 2 N–H and O–H groups in total. The maximum absolute atomic E-state index is 12.1. The number of aryl methyl sites for hydroxylation is 1. The van der Waals surface area contributed by atoms with Gasteiger partial charge in [-0.3, -0.25) is 4.79 Å². The molecule has 3 heterocycles. The molecule has 0 aromatic carbocycles. The molecule has 2 aromatic heterocycles. The summed E-state index contributed by atoms with van der Waals surface area (Å²) in [5.74, 6) is 1.21. The second-order valence-corrected chi connectivity index (χ2v) is 6.86. The lowest BCUT2D eigenvalue weighted by Gasteiger charge is -2.35. The Labute approximate surface area is 140 Å². The van der Waals surface area contributed by atoms with Crippen LogP contribution in [0.1, 0.15) is 24.6 Å². The van der Waals surface area contributed by atoms with E-state index in [2.05, 4.69) is 27.9 Å². The van der Waals surface area contributed by atoms with Gasteiger partial charge in [-0.1, -0.05) is 6.92 Å². The van der Waals surface area contributed by atoms with E-state index in [0.717, 1.165) is 55.1 Å². The second-order valence-electron chi connectivity index (χ2n) is 5.74. The molecule has 124 valence electrons. The van der Waals surface area contributed by atoms with Crippen molar-refractivity contribution in [3.63, 3.8) is 0 Å². The van der Waals surface area contributed by atoms with Crippen molar-refractivity contribution in [3.8, 4) is 0 Å². The number of nitrogens with two attached hydrogens (primary N) is 1. The van der Waals surface area contributed by atoms with Gasteiger partial charge in [0.25, 0.3) is 0 Å². The zero-order chi connectivity index (χ0) is 16.2. The highest BCUT2D eigenvalue weighted by molar-refractivity contribution is 7.18. The number of carbonyl (C=O) groups is 1. The Morgan fingerprint density at radius 3 is 2.78 bits per heavy atom. The van der Waals surface area contributed by atoms with E-state index in [1.165, 1.54) is 4.88 Å². The predicted molar refractivity (Wildman–Crippen MR) is 93.9 cm³/mol. The fourth-order valence-electron chi connectivity index (χ4n) is 2.90. The minimum absolute atomic E-state index is 0.215. The molecule has 1 aliphatic rings. The molecule has 6 nitrogen and oxygen atoms in total. The fourth-order valence-corrected chi connectivity index (χ4v) is 3.83. The second kappa shape index (κ2) is 7.23. The molecule has 23 heavy (non-hydrogen) atoms. The quantitative estimate of drug-likeness (QED) is 0.900. The van der Waals surface area contributed by atoms with Crippen LogP contribution in [-0.2, 0) is 11.2 Å². The van der Waals surface area contributed by atoms with Crippen molar-refractivity contribution in [2.75, 3.05) is 37.6 Å². The Kier molecular flexibility index (Phi) is 5.07. The highest BCUT2D eigenvalue weighted by Gasteiger charge is 2.23. The number of fused-ring (bicyclic) bond motifs is 1. The van der Waals surface area contributed by atoms with Crippen LogP contribution in [0, 0.1) is 0 Å². The summed E-state index contributed by atoms with van der Waals surface area (Å²) in [6.45, 7) is 5.86. The van der Waals surface area contributed by atoms with Gasteiger partial charge >= 0.3 is 0 Å². The largest absolute Gasteiger partial charge is 0.352 e.